The Hall–Kier alpha value is -1.71. The number of hydrogen-bond donors (Lipinski definition) is 2. The van der Waals surface area contributed by atoms with Gasteiger partial charge in [0.1, 0.15) is 5.75 Å². The summed E-state index contributed by atoms with van der Waals surface area (Å²) in [5.41, 5.74) is 2.72. The molecule has 126 valence electrons. The van der Waals surface area contributed by atoms with Crippen molar-refractivity contribution in [3.05, 3.63) is 29.3 Å². The normalized spacial score (nSPS) is 16.8. The molecule has 3 rings (SSSR count). The third-order valence-electron chi connectivity index (χ3n) is 4.54. The summed E-state index contributed by atoms with van der Waals surface area (Å²) in [6.45, 7) is 5.69. The monoisotopic (exact) mass is 315 g/mol. The number of hydrogen-bond acceptors (Lipinski definition) is 2. The van der Waals surface area contributed by atoms with E-state index in [0.717, 1.165) is 56.7 Å². The van der Waals surface area contributed by atoms with Gasteiger partial charge in [0.2, 0.25) is 0 Å². The van der Waals surface area contributed by atoms with Crippen molar-refractivity contribution >= 4 is 5.96 Å². The van der Waals surface area contributed by atoms with Crippen LogP contribution in [0.15, 0.2) is 23.2 Å². The SMILES string of the molecule is CCNC(=NCCCC1CC1)NCCc1ccc2c(c1)CCO2. The Labute approximate surface area is 139 Å². The number of benzene rings is 1. The molecule has 2 aliphatic rings. The Morgan fingerprint density at radius 2 is 2.22 bits per heavy atom. The number of guanidine groups is 1. The minimum Gasteiger partial charge on any atom is -0.493 e. The van der Waals surface area contributed by atoms with Crippen molar-refractivity contribution in [2.45, 2.75) is 45.4 Å². The Morgan fingerprint density at radius 3 is 3.04 bits per heavy atom. The number of aliphatic imine (C=N–C) groups is 1. The van der Waals surface area contributed by atoms with E-state index in [2.05, 4.69) is 40.7 Å². The largest absolute Gasteiger partial charge is 0.493 e. The van der Waals surface area contributed by atoms with Gasteiger partial charge in [-0.25, -0.2) is 0 Å². The first-order valence-electron chi connectivity index (χ1n) is 9.12. The highest BCUT2D eigenvalue weighted by molar-refractivity contribution is 5.79. The Balaban J connectivity index is 1.41. The van der Waals surface area contributed by atoms with Crippen molar-refractivity contribution in [3.8, 4) is 5.75 Å². The fraction of sp³-hybridized carbons (Fsp3) is 0.632. The summed E-state index contributed by atoms with van der Waals surface area (Å²) in [7, 11) is 0. The van der Waals surface area contributed by atoms with Crippen molar-refractivity contribution in [2.24, 2.45) is 10.9 Å². The van der Waals surface area contributed by atoms with E-state index in [1.54, 1.807) is 0 Å². The predicted molar refractivity (Wildman–Crippen MR) is 95.3 cm³/mol. The van der Waals surface area contributed by atoms with Crippen LogP contribution in [0.5, 0.6) is 5.75 Å². The molecule has 0 unspecified atom stereocenters. The summed E-state index contributed by atoms with van der Waals surface area (Å²) in [4.78, 5) is 4.68. The van der Waals surface area contributed by atoms with Crippen LogP contribution in [-0.2, 0) is 12.8 Å². The molecule has 1 aromatic carbocycles. The first-order valence-corrected chi connectivity index (χ1v) is 9.12. The van der Waals surface area contributed by atoms with Crippen molar-refractivity contribution in [1.29, 1.82) is 0 Å². The minimum atomic E-state index is 0.828. The van der Waals surface area contributed by atoms with Crippen LogP contribution in [0.1, 0.15) is 43.7 Å². The Kier molecular flexibility index (Phi) is 5.78. The molecular weight excluding hydrogens is 286 g/mol. The topological polar surface area (TPSA) is 45.7 Å². The van der Waals surface area contributed by atoms with Gasteiger partial charge in [0.15, 0.2) is 5.96 Å². The third-order valence-corrected chi connectivity index (χ3v) is 4.54. The molecule has 0 bridgehead atoms. The van der Waals surface area contributed by atoms with Crippen LogP contribution in [-0.4, -0.2) is 32.2 Å². The van der Waals surface area contributed by atoms with E-state index in [0.29, 0.717) is 0 Å². The predicted octanol–water partition coefficient (Wildman–Crippen LogP) is 2.91. The van der Waals surface area contributed by atoms with Gasteiger partial charge >= 0.3 is 0 Å². The van der Waals surface area contributed by atoms with E-state index in [4.69, 9.17) is 4.74 Å². The molecule has 4 nitrogen and oxygen atoms in total. The van der Waals surface area contributed by atoms with E-state index < -0.39 is 0 Å². The van der Waals surface area contributed by atoms with Gasteiger partial charge in [-0.1, -0.05) is 25.0 Å². The molecule has 0 radical (unpaired) electrons. The summed E-state index contributed by atoms with van der Waals surface area (Å²) in [5.74, 6) is 3.02. The molecular formula is C19H29N3O. The van der Waals surface area contributed by atoms with Gasteiger partial charge in [-0.2, -0.15) is 0 Å². The Morgan fingerprint density at radius 1 is 1.30 bits per heavy atom. The molecule has 1 aliphatic carbocycles. The van der Waals surface area contributed by atoms with E-state index in [1.807, 2.05) is 0 Å². The number of rotatable bonds is 8. The average molecular weight is 315 g/mol. The zero-order valence-electron chi connectivity index (χ0n) is 14.2. The summed E-state index contributed by atoms with van der Waals surface area (Å²) < 4.78 is 5.56. The average Bonchev–Trinajstić information content (AvgIpc) is 3.26. The molecule has 1 heterocycles. The van der Waals surface area contributed by atoms with Crippen molar-refractivity contribution in [1.82, 2.24) is 10.6 Å². The number of nitrogens with zero attached hydrogens (tertiary/aromatic N) is 1. The molecule has 1 aliphatic heterocycles. The zero-order chi connectivity index (χ0) is 15.9. The van der Waals surface area contributed by atoms with E-state index in [1.165, 1.54) is 36.8 Å². The van der Waals surface area contributed by atoms with Crippen molar-refractivity contribution < 1.29 is 4.74 Å². The van der Waals surface area contributed by atoms with E-state index in [9.17, 15) is 0 Å². The standard InChI is InChI=1S/C19H29N3O/c1-2-20-19(21-11-3-4-15-5-6-15)22-12-9-16-7-8-18-17(14-16)10-13-23-18/h7-8,14-15H,2-6,9-13H2,1H3,(H2,20,21,22). The molecule has 4 heteroatoms. The van der Waals surface area contributed by atoms with Crippen molar-refractivity contribution in [2.75, 3.05) is 26.2 Å². The van der Waals surface area contributed by atoms with Gasteiger partial charge in [-0.3, -0.25) is 4.99 Å². The molecule has 1 saturated carbocycles. The van der Waals surface area contributed by atoms with Crippen LogP contribution in [0.3, 0.4) is 0 Å². The highest BCUT2D eigenvalue weighted by Gasteiger charge is 2.19. The van der Waals surface area contributed by atoms with Crippen LogP contribution >= 0.6 is 0 Å². The van der Waals surface area contributed by atoms with Gasteiger partial charge in [-0.05, 0) is 49.3 Å². The maximum Gasteiger partial charge on any atom is 0.191 e. The summed E-state index contributed by atoms with van der Waals surface area (Å²) in [6.07, 6.45) is 7.50. The van der Waals surface area contributed by atoms with Crippen LogP contribution in [0.2, 0.25) is 0 Å². The van der Waals surface area contributed by atoms with Crippen LogP contribution in [0.25, 0.3) is 0 Å². The summed E-state index contributed by atoms with van der Waals surface area (Å²) in [6, 6.07) is 6.56. The maximum absolute atomic E-state index is 5.56. The molecule has 0 amide bonds. The van der Waals surface area contributed by atoms with Gasteiger partial charge in [0.25, 0.3) is 0 Å². The minimum absolute atomic E-state index is 0.828. The maximum atomic E-state index is 5.56. The lowest BCUT2D eigenvalue weighted by atomic mass is 10.1. The van der Waals surface area contributed by atoms with Crippen LogP contribution in [0.4, 0.5) is 0 Å². The molecule has 0 spiro atoms. The summed E-state index contributed by atoms with van der Waals surface area (Å²) >= 11 is 0. The summed E-state index contributed by atoms with van der Waals surface area (Å²) in [5, 5.41) is 6.78. The second kappa shape index (κ2) is 8.23. The van der Waals surface area contributed by atoms with Gasteiger partial charge in [-0.15, -0.1) is 0 Å². The van der Waals surface area contributed by atoms with E-state index in [-0.39, 0.29) is 0 Å². The number of fused-ring (bicyclic) bond motifs is 1. The molecule has 1 aromatic rings. The third kappa shape index (κ3) is 5.15. The quantitative estimate of drug-likeness (QED) is 0.440. The fourth-order valence-electron chi connectivity index (χ4n) is 3.04. The smallest absolute Gasteiger partial charge is 0.191 e. The molecule has 23 heavy (non-hydrogen) atoms. The van der Waals surface area contributed by atoms with Crippen LogP contribution < -0.4 is 15.4 Å². The highest BCUT2D eigenvalue weighted by atomic mass is 16.5. The van der Waals surface area contributed by atoms with Gasteiger partial charge in [0.05, 0.1) is 6.61 Å². The second-order valence-corrected chi connectivity index (χ2v) is 6.56. The number of ether oxygens (including phenoxy) is 1. The van der Waals surface area contributed by atoms with Gasteiger partial charge < -0.3 is 15.4 Å². The Bertz CT molecular complexity index is 537. The van der Waals surface area contributed by atoms with Crippen LogP contribution in [0, 0.1) is 5.92 Å². The molecule has 2 N–H and O–H groups in total. The first-order chi connectivity index (χ1) is 11.3. The fourth-order valence-corrected chi connectivity index (χ4v) is 3.04. The van der Waals surface area contributed by atoms with Gasteiger partial charge in [0, 0.05) is 26.1 Å². The highest BCUT2D eigenvalue weighted by Crippen LogP contribution is 2.33. The van der Waals surface area contributed by atoms with E-state index >= 15 is 0 Å². The lowest BCUT2D eigenvalue weighted by Gasteiger charge is -2.11. The zero-order valence-corrected chi connectivity index (χ0v) is 14.2. The lowest BCUT2D eigenvalue weighted by molar-refractivity contribution is 0.357. The lowest BCUT2D eigenvalue weighted by Crippen LogP contribution is -2.38. The molecule has 0 saturated heterocycles. The van der Waals surface area contributed by atoms with Crippen molar-refractivity contribution in [3.63, 3.8) is 0 Å². The number of nitrogens with one attached hydrogen (secondary N) is 2. The first kappa shape index (κ1) is 16.2. The molecule has 0 atom stereocenters. The molecule has 1 fully saturated rings. The molecule has 0 aromatic heterocycles. The second-order valence-electron chi connectivity index (χ2n) is 6.56.